The zero-order valence-corrected chi connectivity index (χ0v) is 14.5. The second-order valence-corrected chi connectivity index (χ2v) is 5.59. The molecule has 1 heterocycles. The van der Waals surface area contributed by atoms with Gasteiger partial charge in [-0.2, -0.15) is 0 Å². The number of aliphatic imine (C=N–C) groups is 1. The monoisotopic (exact) mass is 352 g/mol. The van der Waals surface area contributed by atoms with Crippen LogP contribution in [0.3, 0.4) is 0 Å². The molecular weight excluding hydrogens is 336 g/mol. The first-order chi connectivity index (χ1) is 11.0. The molecule has 0 fully saturated rings. The van der Waals surface area contributed by atoms with Gasteiger partial charge in [0.25, 0.3) is 5.91 Å². The molecule has 0 spiro atoms. The van der Waals surface area contributed by atoms with E-state index in [4.69, 9.17) is 33.3 Å². The van der Waals surface area contributed by atoms with Gasteiger partial charge in [-0.05, 0) is 36.8 Å². The summed E-state index contributed by atoms with van der Waals surface area (Å²) < 4.78 is 11.1. The van der Waals surface area contributed by atoms with Crippen LogP contribution in [0.25, 0.3) is 0 Å². The lowest BCUT2D eigenvalue weighted by Gasteiger charge is -2.14. The lowest BCUT2D eigenvalue weighted by Crippen LogP contribution is -2.29. The van der Waals surface area contributed by atoms with Crippen LogP contribution in [0, 0.1) is 0 Å². The molecule has 0 N–H and O–H groups in total. The Bertz CT molecular complexity index is 688. The van der Waals surface area contributed by atoms with Gasteiger partial charge < -0.3 is 9.47 Å². The second kappa shape index (κ2) is 7.57. The standard InChI is InChI=1S/C16H17ClN2O3S/c1-4-6-22-14-11(17)7-10(9-13(14)21-5-2)8-12-15(20)19(3)16(23)18-12/h4,7,9H,1,5-6,8H2,2-3H3. The molecule has 23 heavy (non-hydrogen) atoms. The number of benzene rings is 1. The topological polar surface area (TPSA) is 51.1 Å². The number of thiocarbonyl (C=S) groups is 1. The van der Waals surface area contributed by atoms with Crippen molar-refractivity contribution in [1.82, 2.24) is 4.90 Å². The van der Waals surface area contributed by atoms with Crippen molar-refractivity contribution in [2.45, 2.75) is 13.3 Å². The Kier molecular flexibility index (Phi) is 5.74. The average Bonchev–Trinajstić information content (AvgIpc) is 2.74. The second-order valence-electron chi connectivity index (χ2n) is 4.82. The van der Waals surface area contributed by atoms with E-state index in [1.54, 1.807) is 25.3 Å². The summed E-state index contributed by atoms with van der Waals surface area (Å²) in [6, 6.07) is 3.53. The number of ether oxygens (including phenoxy) is 2. The maximum atomic E-state index is 12.0. The molecule has 7 heteroatoms. The first kappa shape index (κ1) is 17.4. The van der Waals surface area contributed by atoms with Gasteiger partial charge in [-0.25, -0.2) is 4.99 Å². The van der Waals surface area contributed by atoms with E-state index in [1.807, 2.05) is 6.92 Å². The third-order valence-corrected chi connectivity index (χ3v) is 3.80. The van der Waals surface area contributed by atoms with Crippen molar-refractivity contribution in [2.75, 3.05) is 20.3 Å². The fourth-order valence-electron chi connectivity index (χ4n) is 2.10. The lowest BCUT2D eigenvalue weighted by molar-refractivity contribution is -0.119. The molecule has 5 nitrogen and oxygen atoms in total. The fourth-order valence-corrected chi connectivity index (χ4v) is 2.58. The summed E-state index contributed by atoms with van der Waals surface area (Å²) in [5, 5.41) is 0.682. The van der Waals surface area contributed by atoms with Crippen LogP contribution in [0.5, 0.6) is 11.5 Å². The highest BCUT2D eigenvalue weighted by Gasteiger charge is 2.27. The van der Waals surface area contributed by atoms with E-state index in [2.05, 4.69) is 11.6 Å². The predicted octanol–water partition coefficient (Wildman–Crippen LogP) is 3.04. The third kappa shape index (κ3) is 3.89. The van der Waals surface area contributed by atoms with E-state index < -0.39 is 0 Å². The molecule has 0 unspecified atom stereocenters. The number of nitrogens with zero attached hydrogens (tertiary/aromatic N) is 2. The molecule has 0 saturated heterocycles. The van der Waals surface area contributed by atoms with Gasteiger partial charge in [-0.1, -0.05) is 24.3 Å². The van der Waals surface area contributed by atoms with Crippen LogP contribution in [-0.4, -0.2) is 41.9 Å². The van der Waals surface area contributed by atoms with Crippen molar-refractivity contribution in [3.63, 3.8) is 0 Å². The summed E-state index contributed by atoms with van der Waals surface area (Å²) in [5.74, 6) is 0.791. The molecule has 0 bridgehead atoms. The number of carbonyl (C=O) groups is 1. The summed E-state index contributed by atoms with van der Waals surface area (Å²) in [4.78, 5) is 17.5. The fraction of sp³-hybridized carbons (Fsp3) is 0.312. The lowest BCUT2D eigenvalue weighted by atomic mass is 10.1. The van der Waals surface area contributed by atoms with Crippen molar-refractivity contribution in [2.24, 2.45) is 4.99 Å². The van der Waals surface area contributed by atoms with Gasteiger partial charge in [0.05, 0.1) is 11.6 Å². The van der Waals surface area contributed by atoms with Gasteiger partial charge in [-0.3, -0.25) is 9.69 Å². The molecule has 1 aliphatic heterocycles. The normalized spacial score (nSPS) is 14.0. The zero-order chi connectivity index (χ0) is 17.0. The highest BCUT2D eigenvalue weighted by atomic mass is 35.5. The maximum Gasteiger partial charge on any atom is 0.274 e. The first-order valence-electron chi connectivity index (χ1n) is 7.06. The maximum absolute atomic E-state index is 12.0. The molecule has 2 rings (SSSR count). The average molecular weight is 353 g/mol. The van der Waals surface area contributed by atoms with Crippen LogP contribution in [0.15, 0.2) is 29.8 Å². The Labute approximate surface area is 145 Å². The van der Waals surface area contributed by atoms with Crippen molar-refractivity contribution in [1.29, 1.82) is 0 Å². The molecule has 0 atom stereocenters. The summed E-state index contributed by atoms with van der Waals surface area (Å²) in [6.45, 7) is 6.27. The predicted molar refractivity (Wildman–Crippen MR) is 94.8 cm³/mol. The van der Waals surface area contributed by atoms with Crippen molar-refractivity contribution in [3.05, 3.63) is 35.4 Å². The molecular formula is C16H17ClN2O3S. The van der Waals surface area contributed by atoms with Crippen LogP contribution in [0.4, 0.5) is 0 Å². The quantitative estimate of drug-likeness (QED) is 0.559. The summed E-state index contributed by atoms with van der Waals surface area (Å²) in [6.07, 6.45) is 1.95. The summed E-state index contributed by atoms with van der Waals surface area (Å²) in [7, 11) is 1.60. The molecule has 0 aliphatic carbocycles. The van der Waals surface area contributed by atoms with Gasteiger partial charge in [0, 0.05) is 13.5 Å². The van der Waals surface area contributed by atoms with E-state index in [9.17, 15) is 4.79 Å². The minimum atomic E-state index is -0.198. The largest absolute Gasteiger partial charge is 0.490 e. The summed E-state index contributed by atoms with van der Waals surface area (Å²) in [5.41, 5.74) is 1.19. The van der Waals surface area contributed by atoms with E-state index >= 15 is 0 Å². The van der Waals surface area contributed by atoms with Gasteiger partial charge in [-0.15, -0.1) is 0 Å². The Hall–Kier alpha value is -1.92. The Morgan fingerprint density at radius 2 is 2.17 bits per heavy atom. The van der Waals surface area contributed by atoms with Crippen LogP contribution in [-0.2, 0) is 11.2 Å². The van der Waals surface area contributed by atoms with Crippen molar-refractivity contribution >= 4 is 40.6 Å². The van der Waals surface area contributed by atoms with E-state index in [-0.39, 0.29) is 11.0 Å². The number of rotatable bonds is 7. The molecule has 122 valence electrons. The third-order valence-electron chi connectivity index (χ3n) is 3.16. The summed E-state index contributed by atoms with van der Waals surface area (Å²) >= 11 is 11.3. The Morgan fingerprint density at radius 3 is 2.74 bits per heavy atom. The molecule has 1 amide bonds. The minimum absolute atomic E-state index is 0.198. The molecule has 0 saturated carbocycles. The van der Waals surface area contributed by atoms with Crippen LogP contribution < -0.4 is 9.47 Å². The highest BCUT2D eigenvalue weighted by molar-refractivity contribution is 7.80. The first-order valence-corrected chi connectivity index (χ1v) is 7.85. The Morgan fingerprint density at radius 1 is 1.43 bits per heavy atom. The molecule has 0 radical (unpaired) electrons. The van der Waals surface area contributed by atoms with E-state index in [1.165, 1.54) is 4.90 Å². The van der Waals surface area contributed by atoms with Gasteiger partial charge in [0.1, 0.15) is 12.3 Å². The van der Waals surface area contributed by atoms with Crippen LogP contribution in [0.2, 0.25) is 5.02 Å². The van der Waals surface area contributed by atoms with E-state index in [0.717, 1.165) is 5.56 Å². The highest BCUT2D eigenvalue weighted by Crippen LogP contribution is 2.37. The number of hydrogen-bond donors (Lipinski definition) is 0. The van der Waals surface area contributed by atoms with Gasteiger partial charge >= 0.3 is 0 Å². The van der Waals surface area contributed by atoms with Crippen molar-refractivity contribution < 1.29 is 14.3 Å². The minimum Gasteiger partial charge on any atom is -0.490 e. The smallest absolute Gasteiger partial charge is 0.274 e. The SMILES string of the molecule is C=CCOc1c(Cl)cc(CC2=NC(=S)N(C)C2=O)cc1OCC. The Balaban J connectivity index is 2.30. The number of hydrogen-bond acceptors (Lipinski definition) is 4. The number of amides is 1. The molecule has 1 aliphatic rings. The zero-order valence-electron chi connectivity index (χ0n) is 13.0. The van der Waals surface area contributed by atoms with Gasteiger partial charge in [0.15, 0.2) is 11.5 Å². The van der Waals surface area contributed by atoms with Gasteiger partial charge in [0.2, 0.25) is 5.11 Å². The number of carbonyl (C=O) groups excluding carboxylic acids is 1. The van der Waals surface area contributed by atoms with Crippen LogP contribution >= 0.6 is 23.8 Å². The molecule has 1 aromatic rings. The van der Waals surface area contributed by atoms with E-state index in [0.29, 0.717) is 41.9 Å². The van der Waals surface area contributed by atoms with Crippen molar-refractivity contribution in [3.8, 4) is 11.5 Å². The molecule has 1 aromatic carbocycles. The van der Waals surface area contributed by atoms with Crippen LogP contribution in [0.1, 0.15) is 12.5 Å². The molecule has 0 aromatic heterocycles. The number of halogens is 1.